The maximum atomic E-state index is 6.05. The predicted molar refractivity (Wildman–Crippen MR) is 80.5 cm³/mol. The molecular weight excluding hydrogens is 215 g/mol. The van der Waals surface area contributed by atoms with Crippen molar-refractivity contribution in [3.05, 3.63) is 29.8 Å². The van der Waals surface area contributed by atoms with Gasteiger partial charge in [0.25, 0.3) is 0 Å². The van der Waals surface area contributed by atoms with E-state index in [1.807, 2.05) is 12.1 Å². The minimum absolute atomic E-state index is 0.771. The SMILES string of the molecule is [B]c1ccccc1CC(C)C1CCCCCCC1. The maximum absolute atomic E-state index is 6.05. The van der Waals surface area contributed by atoms with Gasteiger partial charge in [-0.2, -0.15) is 0 Å². The van der Waals surface area contributed by atoms with E-state index in [4.69, 9.17) is 7.85 Å². The molecule has 96 valence electrons. The summed E-state index contributed by atoms with van der Waals surface area (Å²) in [5, 5.41) is 0. The molecule has 18 heavy (non-hydrogen) atoms. The number of hydrogen-bond acceptors (Lipinski definition) is 0. The summed E-state index contributed by atoms with van der Waals surface area (Å²) in [6.45, 7) is 2.42. The van der Waals surface area contributed by atoms with Gasteiger partial charge in [0.1, 0.15) is 7.85 Å². The van der Waals surface area contributed by atoms with Crippen molar-refractivity contribution in [1.29, 1.82) is 0 Å². The van der Waals surface area contributed by atoms with Gasteiger partial charge in [0.2, 0.25) is 0 Å². The van der Waals surface area contributed by atoms with Crippen molar-refractivity contribution >= 4 is 13.3 Å². The molecular formula is C17H25B. The monoisotopic (exact) mass is 240 g/mol. The van der Waals surface area contributed by atoms with Crippen LogP contribution < -0.4 is 5.46 Å². The van der Waals surface area contributed by atoms with E-state index < -0.39 is 0 Å². The average molecular weight is 240 g/mol. The van der Waals surface area contributed by atoms with Crippen LogP contribution in [0.4, 0.5) is 0 Å². The van der Waals surface area contributed by atoms with Gasteiger partial charge in [-0.3, -0.25) is 0 Å². The Bertz CT molecular complexity index is 350. The predicted octanol–water partition coefficient (Wildman–Crippen LogP) is 4.02. The maximum Gasteiger partial charge on any atom is 0.114 e. The number of benzene rings is 1. The highest BCUT2D eigenvalue weighted by Crippen LogP contribution is 2.29. The highest BCUT2D eigenvalue weighted by atomic mass is 14.2. The Hall–Kier alpha value is -0.715. The Labute approximate surface area is 114 Å². The molecule has 0 spiro atoms. The summed E-state index contributed by atoms with van der Waals surface area (Å²) in [6, 6.07) is 8.35. The first-order chi connectivity index (χ1) is 8.77. The quantitative estimate of drug-likeness (QED) is 0.700. The van der Waals surface area contributed by atoms with Crippen molar-refractivity contribution in [2.45, 2.75) is 58.3 Å². The second kappa shape index (κ2) is 7.02. The minimum atomic E-state index is 0.771. The Kier molecular flexibility index (Phi) is 5.34. The van der Waals surface area contributed by atoms with Gasteiger partial charge in [-0.05, 0) is 18.3 Å². The van der Waals surface area contributed by atoms with Gasteiger partial charge in [0.05, 0.1) is 0 Å². The van der Waals surface area contributed by atoms with Crippen molar-refractivity contribution in [2.24, 2.45) is 11.8 Å². The summed E-state index contributed by atoms with van der Waals surface area (Å²) in [6.07, 6.45) is 11.2. The first-order valence-corrected chi connectivity index (χ1v) is 7.61. The largest absolute Gasteiger partial charge is 0.114 e. The topological polar surface area (TPSA) is 0 Å². The molecule has 1 heteroatoms. The zero-order valence-electron chi connectivity index (χ0n) is 11.7. The van der Waals surface area contributed by atoms with Gasteiger partial charge in [0.15, 0.2) is 0 Å². The third-order valence-electron chi connectivity index (χ3n) is 4.55. The fourth-order valence-corrected chi connectivity index (χ4v) is 3.29. The highest BCUT2D eigenvalue weighted by Gasteiger charge is 2.18. The van der Waals surface area contributed by atoms with Crippen LogP contribution >= 0.6 is 0 Å². The van der Waals surface area contributed by atoms with E-state index in [2.05, 4.69) is 19.1 Å². The second-order valence-corrected chi connectivity index (χ2v) is 5.99. The molecule has 1 aromatic rings. The van der Waals surface area contributed by atoms with Gasteiger partial charge in [0, 0.05) is 0 Å². The summed E-state index contributed by atoms with van der Waals surface area (Å²) in [5.41, 5.74) is 2.31. The molecule has 2 rings (SSSR count). The molecule has 0 N–H and O–H groups in total. The van der Waals surface area contributed by atoms with Gasteiger partial charge >= 0.3 is 0 Å². The van der Waals surface area contributed by atoms with E-state index >= 15 is 0 Å². The van der Waals surface area contributed by atoms with Gasteiger partial charge in [-0.15, -0.1) is 0 Å². The van der Waals surface area contributed by atoms with Crippen LogP contribution in [0.15, 0.2) is 24.3 Å². The Morgan fingerprint density at radius 2 is 1.67 bits per heavy atom. The molecule has 0 nitrogen and oxygen atoms in total. The van der Waals surface area contributed by atoms with Crippen LogP contribution in [0.1, 0.15) is 57.4 Å². The standard InChI is InChI=1S/C17H25B/c1-14(13-16-11-7-8-12-17(16)18)15-9-5-3-2-4-6-10-15/h7-8,11-12,14-15H,2-6,9-10,13H2,1H3. The molecule has 1 aromatic carbocycles. The van der Waals surface area contributed by atoms with Gasteiger partial charge in [-0.25, -0.2) is 0 Å². The molecule has 1 aliphatic rings. The van der Waals surface area contributed by atoms with Crippen LogP contribution in [0.5, 0.6) is 0 Å². The van der Waals surface area contributed by atoms with E-state index in [0.717, 1.165) is 23.7 Å². The van der Waals surface area contributed by atoms with Crippen molar-refractivity contribution in [3.63, 3.8) is 0 Å². The highest BCUT2D eigenvalue weighted by molar-refractivity contribution is 6.33. The lowest BCUT2D eigenvalue weighted by Gasteiger charge is -2.26. The van der Waals surface area contributed by atoms with E-state index in [9.17, 15) is 0 Å². The first kappa shape index (κ1) is 13.7. The van der Waals surface area contributed by atoms with Crippen LogP contribution in [0.3, 0.4) is 0 Å². The van der Waals surface area contributed by atoms with Crippen molar-refractivity contribution in [1.82, 2.24) is 0 Å². The molecule has 1 unspecified atom stereocenters. The van der Waals surface area contributed by atoms with Gasteiger partial charge < -0.3 is 0 Å². The number of hydrogen-bond donors (Lipinski definition) is 0. The first-order valence-electron chi connectivity index (χ1n) is 7.61. The molecule has 0 amide bonds. The molecule has 0 saturated heterocycles. The van der Waals surface area contributed by atoms with Crippen LogP contribution in [0.25, 0.3) is 0 Å². The van der Waals surface area contributed by atoms with Crippen LogP contribution in [0.2, 0.25) is 0 Å². The molecule has 0 aromatic heterocycles. The van der Waals surface area contributed by atoms with Crippen molar-refractivity contribution in [3.8, 4) is 0 Å². The van der Waals surface area contributed by atoms with E-state index in [1.165, 1.54) is 50.5 Å². The summed E-state index contributed by atoms with van der Waals surface area (Å²) < 4.78 is 0. The lowest BCUT2D eigenvalue weighted by Crippen LogP contribution is -2.19. The normalized spacial score (nSPS) is 20.1. The Morgan fingerprint density at radius 3 is 2.33 bits per heavy atom. The zero-order valence-corrected chi connectivity index (χ0v) is 11.7. The lowest BCUT2D eigenvalue weighted by molar-refractivity contribution is 0.280. The Balaban J connectivity index is 1.93. The third-order valence-corrected chi connectivity index (χ3v) is 4.55. The third kappa shape index (κ3) is 3.90. The van der Waals surface area contributed by atoms with E-state index in [1.54, 1.807) is 0 Å². The molecule has 1 fully saturated rings. The molecule has 1 aliphatic carbocycles. The van der Waals surface area contributed by atoms with E-state index in [-0.39, 0.29) is 0 Å². The van der Waals surface area contributed by atoms with Crippen LogP contribution in [-0.2, 0) is 6.42 Å². The van der Waals surface area contributed by atoms with Crippen molar-refractivity contribution < 1.29 is 0 Å². The summed E-state index contributed by atoms with van der Waals surface area (Å²) >= 11 is 0. The molecule has 0 aliphatic heterocycles. The zero-order chi connectivity index (χ0) is 12.8. The van der Waals surface area contributed by atoms with E-state index in [0.29, 0.717) is 0 Å². The number of rotatable bonds is 3. The van der Waals surface area contributed by atoms with Crippen LogP contribution in [0, 0.1) is 11.8 Å². The summed E-state index contributed by atoms with van der Waals surface area (Å²) in [7, 11) is 6.05. The molecule has 0 heterocycles. The summed E-state index contributed by atoms with van der Waals surface area (Å²) in [4.78, 5) is 0. The van der Waals surface area contributed by atoms with Crippen LogP contribution in [-0.4, -0.2) is 7.85 Å². The average Bonchev–Trinajstić information content (AvgIpc) is 2.31. The lowest BCUT2D eigenvalue weighted by atomic mass is 9.78. The summed E-state index contributed by atoms with van der Waals surface area (Å²) in [5.74, 6) is 1.68. The minimum Gasteiger partial charge on any atom is -0.0935 e. The molecule has 1 atom stereocenters. The second-order valence-electron chi connectivity index (χ2n) is 5.99. The van der Waals surface area contributed by atoms with Gasteiger partial charge in [-0.1, -0.05) is 87.2 Å². The Morgan fingerprint density at radius 1 is 1.06 bits per heavy atom. The fraction of sp³-hybridized carbons (Fsp3) is 0.647. The fourth-order valence-electron chi connectivity index (χ4n) is 3.29. The molecule has 1 saturated carbocycles. The molecule has 0 bridgehead atoms. The smallest absolute Gasteiger partial charge is 0.0935 e. The van der Waals surface area contributed by atoms with Crippen molar-refractivity contribution in [2.75, 3.05) is 0 Å². The molecule has 2 radical (unpaired) electrons.